The van der Waals surface area contributed by atoms with Crippen LogP contribution in [-0.2, 0) is 4.74 Å². The van der Waals surface area contributed by atoms with Gasteiger partial charge in [0, 0.05) is 12.2 Å². The zero-order valence-corrected chi connectivity index (χ0v) is 9.30. The van der Waals surface area contributed by atoms with Gasteiger partial charge in [-0.3, -0.25) is 10.1 Å². The van der Waals surface area contributed by atoms with Crippen molar-refractivity contribution in [2.24, 2.45) is 0 Å². The number of nitrogens with one attached hydrogen (secondary N) is 1. The summed E-state index contributed by atoms with van der Waals surface area (Å²) in [7, 11) is 0. The van der Waals surface area contributed by atoms with Crippen LogP contribution in [-0.4, -0.2) is 30.9 Å². The first-order chi connectivity index (χ1) is 8.17. The molecule has 0 radical (unpaired) electrons. The van der Waals surface area contributed by atoms with Crippen LogP contribution in [0.4, 0.5) is 10.5 Å². The molecular formula is C11H13NO5. The zero-order valence-electron chi connectivity index (χ0n) is 9.30. The molecule has 0 aromatic heterocycles. The third-order valence-corrected chi connectivity index (χ3v) is 1.90. The first kappa shape index (κ1) is 13.0. The van der Waals surface area contributed by atoms with Gasteiger partial charge in [0.2, 0.25) is 0 Å². The molecule has 6 nitrogen and oxygen atoms in total. The standard InChI is InChI=1S/C11H13NO5/c1-2-16-7-17-9-3-4-10(12-11(14)15)8(5-9)6-13/h3-6,12H,2,7H2,1H3,(H,14,15). The van der Waals surface area contributed by atoms with Crippen molar-refractivity contribution in [1.29, 1.82) is 0 Å². The van der Waals surface area contributed by atoms with Gasteiger partial charge in [-0.05, 0) is 25.1 Å². The van der Waals surface area contributed by atoms with Crippen LogP contribution in [0.1, 0.15) is 17.3 Å². The molecule has 6 heteroatoms. The van der Waals surface area contributed by atoms with E-state index < -0.39 is 6.09 Å². The third kappa shape index (κ3) is 4.12. The van der Waals surface area contributed by atoms with E-state index in [0.29, 0.717) is 18.6 Å². The van der Waals surface area contributed by atoms with Gasteiger partial charge >= 0.3 is 6.09 Å². The summed E-state index contributed by atoms with van der Waals surface area (Å²) >= 11 is 0. The van der Waals surface area contributed by atoms with Gasteiger partial charge in [-0.1, -0.05) is 0 Å². The molecule has 1 aromatic rings. The molecule has 17 heavy (non-hydrogen) atoms. The summed E-state index contributed by atoms with van der Waals surface area (Å²) in [4.78, 5) is 21.2. The maximum Gasteiger partial charge on any atom is 0.409 e. The maximum atomic E-state index is 10.8. The number of amides is 1. The number of hydrogen-bond donors (Lipinski definition) is 2. The summed E-state index contributed by atoms with van der Waals surface area (Å²) in [5, 5.41) is 10.7. The predicted octanol–water partition coefficient (Wildman–Crippen LogP) is 1.96. The average Bonchev–Trinajstić information content (AvgIpc) is 2.30. The van der Waals surface area contributed by atoms with Crippen LogP contribution in [0, 0.1) is 0 Å². The molecular weight excluding hydrogens is 226 g/mol. The van der Waals surface area contributed by atoms with Gasteiger partial charge in [0.05, 0.1) is 5.69 Å². The summed E-state index contributed by atoms with van der Waals surface area (Å²) in [6.45, 7) is 2.44. The molecule has 0 aliphatic carbocycles. The smallest absolute Gasteiger partial charge is 0.409 e. The lowest BCUT2D eigenvalue weighted by molar-refractivity contribution is 0.0224. The normalized spacial score (nSPS) is 9.71. The summed E-state index contributed by atoms with van der Waals surface area (Å²) < 4.78 is 10.2. The Morgan fingerprint density at radius 1 is 1.53 bits per heavy atom. The van der Waals surface area contributed by atoms with E-state index in [1.54, 1.807) is 6.07 Å². The second-order valence-corrected chi connectivity index (χ2v) is 3.05. The highest BCUT2D eigenvalue weighted by molar-refractivity contribution is 5.92. The van der Waals surface area contributed by atoms with Gasteiger partial charge < -0.3 is 14.6 Å². The summed E-state index contributed by atoms with van der Waals surface area (Å²) in [6, 6.07) is 4.45. The van der Waals surface area contributed by atoms with Crippen LogP contribution < -0.4 is 10.1 Å². The van der Waals surface area contributed by atoms with Gasteiger partial charge in [-0.2, -0.15) is 0 Å². The Bertz CT molecular complexity index is 405. The van der Waals surface area contributed by atoms with Crippen LogP contribution in [0.15, 0.2) is 18.2 Å². The second-order valence-electron chi connectivity index (χ2n) is 3.05. The molecule has 92 valence electrons. The summed E-state index contributed by atoms with van der Waals surface area (Å²) in [5.74, 6) is 0.441. The predicted molar refractivity (Wildman–Crippen MR) is 60.6 cm³/mol. The molecule has 1 amide bonds. The van der Waals surface area contributed by atoms with Crippen molar-refractivity contribution < 1.29 is 24.2 Å². The van der Waals surface area contributed by atoms with E-state index in [2.05, 4.69) is 5.32 Å². The van der Waals surface area contributed by atoms with Crippen molar-refractivity contribution in [3.8, 4) is 5.75 Å². The SMILES string of the molecule is CCOCOc1ccc(NC(=O)O)c(C=O)c1. The van der Waals surface area contributed by atoms with E-state index in [1.807, 2.05) is 6.92 Å². The quantitative estimate of drug-likeness (QED) is 0.450. The average molecular weight is 239 g/mol. The van der Waals surface area contributed by atoms with Crippen molar-refractivity contribution in [1.82, 2.24) is 0 Å². The molecule has 0 atom stereocenters. The van der Waals surface area contributed by atoms with E-state index in [4.69, 9.17) is 14.6 Å². The van der Waals surface area contributed by atoms with E-state index in [0.717, 1.165) is 0 Å². The van der Waals surface area contributed by atoms with Crippen molar-refractivity contribution >= 4 is 18.1 Å². The fraction of sp³-hybridized carbons (Fsp3) is 0.273. The number of benzene rings is 1. The third-order valence-electron chi connectivity index (χ3n) is 1.90. The number of carbonyl (C=O) groups is 2. The molecule has 0 heterocycles. The molecule has 0 saturated heterocycles. The number of hydrogen-bond acceptors (Lipinski definition) is 4. The lowest BCUT2D eigenvalue weighted by Crippen LogP contribution is -2.09. The Labute approximate surface area is 98.2 Å². The highest BCUT2D eigenvalue weighted by Crippen LogP contribution is 2.20. The lowest BCUT2D eigenvalue weighted by atomic mass is 10.2. The molecule has 0 saturated carbocycles. The molecule has 0 spiro atoms. The number of carboxylic acid groups (broad SMARTS) is 1. The number of rotatable bonds is 6. The van der Waals surface area contributed by atoms with Crippen molar-refractivity contribution in [3.05, 3.63) is 23.8 Å². The number of aldehydes is 1. The molecule has 0 fully saturated rings. The largest absolute Gasteiger partial charge is 0.468 e. The highest BCUT2D eigenvalue weighted by Gasteiger charge is 2.06. The first-order valence-corrected chi connectivity index (χ1v) is 4.97. The summed E-state index contributed by atoms with van der Waals surface area (Å²) in [5.41, 5.74) is 0.428. The van der Waals surface area contributed by atoms with Crippen molar-refractivity contribution in [2.45, 2.75) is 6.92 Å². The topological polar surface area (TPSA) is 84.9 Å². The summed E-state index contributed by atoms with van der Waals surface area (Å²) in [6.07, 6.45) is -0.671. The Balaban J connectivity index is 2.77. The molecule has 0 aliphatic rings. The minimum atomic E-state index is -1.23. The van der Waals surface area contributed by atoms with Crippen LogP contribution in [0.5, 0.6) is 5.75 Å². The Kier molecular flexibility index (Phi) is 4.96. The van der Waals surface area contributed by atoms with Crippen LogP contribution in [0.2, 0.25) is 0 Å². The van der Waals surface area contributed by atoms with Crippen molar-refractivity contribution in [2.75, 3.05) is 18.7 Å². The van der Waals surface area contributed by atoms with Crippen LogP contribution >= 0.6 is 0 Å². The van der Waals surface area contributed by atoms with E-state index in [1.165, 1.54) is 12.1 Å². The fourth-order valence-electron chi connectivity index (χ4n) is 1.15. The van der Waals surface area contributed by atoms with E-state index in [-0.39, 0.29) is 18.0 Å². The maximum absolute atomic E-state index is 10.8. The van der Waals surface area contributed by atoms with Gasteiger partial charge in [0.25, 0.3) is 0 Å². The first-order valence-electron chi connectivity index (χ1n) is 4.97. The van der Waals surface area contributed by atoms with Gasteiger partial charge in [0.1, 0.15) is 5.75 Å². The lowest BCUT2D eigenvalue weighted by Gasteiger charge is -2.09. The zero-order chi connectivity index (χ0) is 12.7. The molecule has 2 N–H and O–H groups in total. The van der Waals surface area contributed by atoms with Gasteiger partial charge in [0.15, 0.2) is 13.1 Å². The van der Waals surface area contributed by atoms with Gasteiger partial charge in [-0.15, -0.1) is 0 Å². The minimum absolute atomic E-state index is 0.0838. The number of ether oxygens (including phenoxy) is 2. The Morgan fingerprint density at radius 3 is 2.88 bits per heavy atom. The highest BCUT2D eigenvalue weighted by atomic mass is 16.7. The van der Waals surface area contributed by atoms with Crippen LogP contribution in [0.3, 0.4) is 0 Å². The molecule has 1 rings (SSSR count). The Hall–Kier alpha value is -2.08. The molecule has 0 bridgehead atoms. The second kappa shape index (κ2) is 6.49. The monoisotopic (exact) mass is 239 g/mol. The van der Waals surface area contributed by atoms with E-state index >= 15 is 0 Å². The van der Waals surface area contributed by atoms with E-state index in [9.17, 15) is 9.59 Å². The molecule has 1 aromatic carbocycles. The molecule has 0 unspecified atom stereocenters. The number of carbonyl (C=O) groups excluding carboxylic acids is 1. The molecule has 0 aliphatic heterocycles. The van der Waals surface area contributed by atoms with Crippen molar-refractivity contribution in [3.63, 3.8) is 0 Å². The Morgan fingerprint density at radius 2 is 2.29 bits per heavy atom. The number of anilines is 1. The van der Waals surface area contributed by atoms with Gasteiger partial charge in [-0.25, -0.2) is 4.79 Å². The fourth-order valence-corrected chi connectivity index (χ4v) is 1.15. The van der Waals surface area contributed by atoms with Crippen LogP contribution in [0.25, 0.3) is 0 Å². The minimum Gasteiger partial charge on any atom is -0.468 e.